The quantitative estimate of drug-likeness (QED) is 0.941. The van der Waals surface area contributed by atoms with Gasteiger partial charge in [-0.15, -0.1) is 0 Å². The molecule has 1 atom stereocenters. The molecule has 0 saturated heterocycles. The van der Waals surface area contributed by atoms with Crippen LogP contribution < -0.4 is 0 Å². The molecular weight excluding hydrogens is 288 g/mol. The summed E-state index contributed by atoms with van der Waals surface area (Å²) in [4.78, 5) is 15.7. The molecule has 114 valence electrons. The van der Waals surface area contributed by atoms with Gasteiger partial charge in [0, 0.05) is 34.8 Å². The van der Waals surface area contributed by atoms with E-state index in [-0.39, 0.29) is 11.0 Å². The zero-order valence-electron chi connectivity index (χ0n) is 12.7. The third-order valence-corrected chi connectivity index (χ3v) is 4.03. The van der Waals surface area contributed by atoms with Crippen molar-refractivity contribution in [3.05, 3.63) is 29.6 Å². The Morgan fingerprint density at radius 1 is 1.38 bits per heavy atom. The van der Waals surface area contributed by atoms with Gasteiger partial charge < -0.3 is 9.67 Å². The average Bonchev–Trinajstić information content (AvgIpc) is 2.73. The number of fused-ring (bicyclic) bond motifs is 1. The SMILES string of the molecule is CS(=O)CCn1c(C(C)(C)C)nc2cc(C(=O)O)ccc21. The molecule has 1 unspecified atom stereocenters. The van der Waals surface area contributed by atoms with E-state index < -0.39 is 16.8 Å². The van der Waals surface area contributed by atoms with E-state index in [4.69, 9.17) is 5.11 Å². The Labute approximate surface area is 126 Å². The van der Waals surface area contributed by atoms with Gasteiger partial charge in [0.15, 0.2) is 0 Å². The third kappa shape index (κ3) is 3.32. The normalized spacial score (nSPS) is 13.5. The molecule has 0 spiro atoms. The van der Waals surface area contributed by atoms with Crippen LogP contribution in [0.3, 0.4) is 0 Å². The Hall–Kier alpha value is -1.69. The largest absolute Gasteiger partial charge is 0.478 e. The van der Waals surface area contributed by atoms with E-state index in [0.717, 1.165) is 11.3 Å². The second kappa shape index (κ2) is 5.60. The molecule has 5 nitrogen and oxygen atoms in total. The van der Waals surface area contributed by atoms with Crippen molar-refractivity contribution < 1.29 is 14.1 Å². The molecule has 1 aromatic heterocycles. The smallest absolute Gasteiger partial charge is 0.335 e. The van der Waals surface area contributed by atoms with Crippen LogP contribution in [-0.2, 0) is 22.8 Å². The first-order chi connectivity index (χ1) is 9.70. The number of hydrogen-bond acceptors (Lipinski definition) is 3. The van der Waals surface area contributed by atoms with Crippen LogP contribution in [0.5, 0.6) is 0 Å². The monoisotopic (exact) mass is 308 g/mol. The van der Waals surface area contributed by atoms with E-state index in [9.17, 15) is 9.00 Å². The van der Waals surface area contributed by atoms with Crippen molar-refractivity contribution in [3.8, 4) is 0 Å². The lowest BCUT2D eigenvalue weighted by Gasteiger charge is -2.20. The Kier molecular flexibility index (Phi) is 4.18. The zero-order valence-corrected chi connectivity index (χ0v) is 13.5. The molecule has 2 rings (SSSR count). The number of nitrogens with zero attached hydrogens (tertiary/aromatic N) is 2. The van der Waals surface area contributed by atoms with Crippen molar-refractivity contribution >= 4 is 27.8 Å². The summed E-state index contributed by atoms with van der Waals surface area (Å²) in [5.74, 6) is 0.471. The van der Waals surface area contributed by atoms with Crippen LogP contribution in [0.15, 0.2) is 18.2 Å². The Morgan fingerprint density at radius 2 is 2.05 bits per heavy atom. The number of carboxylic acids is 1. The van der Waals surface area contributed by atoms with Crippen molar-refractivity contribution in [3.63, 3.8) is 0 Å². The molecule has 1 heterocycles. The minimum absolute atomic E-state index is 0.169. The standard InChI is InChI=1S/C15H20N2O3S/c1-15(2,3)14-16-11-9-10(13(18)19)5-6-12(11)17(14)7-8-21(4)20/h5-6,9H,7-8H2,1-4H3,(H,18,19). The highest BCUT2D eigenvalue weighted by molar-refractivity contribution is 7.84. The maximum atomic E-state index is 11.4. The fraction of sp³-hybridized carbons (Fsp3) is 0.467. The molecule has 6 heteroatoms. The van der Waals surface area contributed by atoms with Gasteiger partial charge in [-0.05, 0) is 18.2 Å². The number of benzene rings is 1. The maximum Gasteiger partial charge on any atom is 0.335 e. The highest BCUT2D eigenvalue weighted by Gasteiger charge is 2.23. The molecule has 0 fully saturated rings. The summed E-state index contributed by atoms with van der Waals surface area (Å²) in [7, 11) is -0.883. The van der Waals surface area contributed by atoms with Crippen molar-refractivity contribution in [2.75, 3.05) is 12.0 Å². The summed E-state index contributed by atoms with van der Waals surface area (Å²) < 4.78 is 13.4. The van der Waals surface area contributed by atoms with Gasteiger partial charge in [0.25, 0.3) is 0 Å². The number of rotatable bonds is 4. The first kappa shape index (κ1) is 15.7. The molecule has 21 heavy (non-hydrogen) atoms. The molecule has 1 aromatic carbocycles. The first-order valence-electron chi connectivity index (χ1n) is 6.74. The van der Waals surface area contributed by atoms with E-state index in [0.29, 0.717) is 17.8 Å². The Balaban J connectivity index is 2.61. The Bertz CT molecular complexity index is 714. The zero-order chi connectivity index (χ0) is 15.8. The summed E-state index contributed by atoms with van der Waals surface area (Å²) in [6.45, 7) is 6.79. The number of carboxylic acid groups (broad SMARTS) is 1. The number of aromatic nitrogens is 2. The maximum absolute atomic E-state index is 11.4. The van der Waals surface area contributed by atoms with Crippen LogP contribution in [0.25, 0.3) is 11.0 Å². The van der Waals surface area contributed by atoms with E-state index in [1.807, 2.05) is 4.57 Å². The predicted molar refractivity (Wildman–Crippen MR) is 84.3 cm³/mol. The lowest BCUT2D eigenvalue weighted by atomic mass is 9.96. The lowest BCUT2D eigenvalue weighted by Crippen LogP contribution is -2.20. The fourth-order valence-electron chi connectivity index (χ4n) is 2.28. The average molecular weight is 308 g/mol. The van der Waals surface area contributed by atoms with Gasteiger partial charge in [0.05, 0.1) is 16.6 Å². The number of imidazole rings is 1. The number of aryl methyl sites for hydroxylation is 1. The van der Waals surface area contributed by atoms with Crippen molar-refractivity contribution in [1.29, 1.82) is 0 Å². The second-order valence-electron chi connectivity index (χ2n) is 6.12. The molecule has 0 radical (unpaired) electrons. The highest BCUT2D eigenvalue weighted by Crippen LogP contribution is 2.27. The summed E-state index contributed by atoms with van der Waals surface area (Å²) in [6, 6.07) is 4.95. The fourth-order valence-corrected chi connectivity index (χ4v) is 2.72. The van der Waals surface area contributed by atoms with Gasteiger partial charge in [0.1, 0.15) is 5.82 Å². The molecule has 0 saturated carbocycles. The van der Waals surface area contributed by atoms with Gasteiger partial charge in [0.2, 0.25) is 0 Å². The van der Waals surface area contributed by atoms with E-state index >= 15 is 0 Å². The molecule has 0 aliphatic rings. The summed E-state index contributed by atoms with van der Waals surface area (Å²) in [6.07, 6.45) is 1.68. The minimum atomic E-state index is -0.960. The van der Waals surface area contributed by atoms with Crippen LogP contribution in [-0.4, -0.2) is 36.8 Å². The minimum Gasteiger partial charge on any atom is -0.478 e. The van der Waals surface area contributed by atoms with Crippen LogP contribution in [0.4, 0.5) is 0 Å². The van der Waals surface area contributed by atoms with Gasteiger partial charge >= 0.3 is 5.97 Å². The first-order valence-corrected chi connectivity index (χ1v) is 8.47. The van der Waals surface area contributed by atoms with Crippen LogP contribution in [0, 0.1) is 0 Å². The van der Waals surface area contributed by atoms with Gasteiger partial charge in [-0.2, -0.15) is 0 Å². The van der Waals surface area contributed by atoms with Crippen molar-refractivity contribution in [2.45, 2.75) is 32.7 Å². The van der Waals surface area contributed by atoms with E-state index in [2.05, 4.69) is 25.8 Å². The molecular formula is C15H20N2O3S. The van der Waals surface area contributed by atoms with Gasteiger partial charge in [-0.1, -0.05) is 20.8 Å². The third-order valence-electron chi connectivity index (χ3n) is 3.27. The van der Waals surface area contributed by atoms with Gasteiger partial charge in [-0.25, -0.2) is 9.78 Å². The van der Waals surface area contributed by atoms with Crippen LogP contribution in [0.1, 0.15) is 37.0 Å². The molecule has 0 aliphatic heterocycles. The number of aromatic carboxylic acids is 1. The Morgan fingerprint density at radius 3 is 2.57 bits per heavy atom. The van der Waals surface area contributed by atoms with E-state index in [1.165, 1.54) is 0 Å². The molecule has 1 N–H and O–H groups in total. The van der Waals surface area contributed by atoms with Gasteiger partial charge in [-0.3, -0.25) is 4.21 Å². The lowest BCUT2D eigenvalue weighted by molar-refractivity contribution is 0.0697. The molecule has 0 amide bonds. The summed E-state index contributed by atoms with van der Waals surface area (Å²) in [5.41, 5.74) is 1.61. The van der Waals surface area contributed by atoms with E-state index in [1.54, 1.807) is 24.5 Å². The van der Waals surface area contributed by atoms with Crippen molar-refractivity contribution in [2.24, 2.45) is 0 Å². The highest BCUT2D eigenvalue weighted by atomic mass is 32.2. The predicted octanol–water partition coefficient (Wildman–Crippen LogP) is 2.41. The van der Waals surface area contributed by atoms with Crippen LogP contribution in [0.2, 0.25) is 0 Å². The summed E-state index contributed by atoms with van der Waals surface area (Å²) in [5, 5.41) is 9.08. The van der Waals surface area contributed by atoms with Crippen molar-refractivity contribution in [1.82, 2.24) is 9.55 Å². The molecule has 0 bridgehead atoms. The summed E-state index contributed by atoms with van der Waals surface area (Å²) >= 11 is 0. The number of hydrogen-bond donors (Lipinski definition) is 1. The molecule has 0 aliphatic carbocycles. The number of carbonyl (C=O) groups is 1. The second-order valence-corrected chi connectivity index (χ2v) is 7.68. The topological polar surface area (TPSA) is 72.2 Å². The van der Waals surface area contributed by atoms with Crippen LogP contribution >= 0.6 is 0 Å². The molecule has 2 aromatic rings.